The summed E-state index contributed by atoms with van der Waals surface area (Å²) in [6, 6.07) is 0.366. The molecule has 68 valence electrons. The van der Waals surface area contributed by atoms with E-state index in [2.05, 4.69) is 24.3 Å². The van der Waals surface area contributed by atoms with Crippen molar-refractivity contribution in [1.82, 2.24) is 15.1 Å². The molecule has 12 heavy (non-hydrogen) atoms. The number of hydrogen-bond donors (Lipinski definition) is 2. The summed E-state index contributed by atoms with van der Waals surface area (Å²) in [4.78, 5) is 0. The summed E-state index contributed by atoms with van der Waals surface area (Å²) in [6.07, 6.45) is 1.70. The van der Waals surface area contributed by atoms with Crippen molar-refractivity contribution in [3.8, 4) is 0 Å². The second-order valence-electron chi connectivity index (χ2n) is 3.12. The van der Waals surface area contributed by atoms with Gasteiger partial charge in [0.1, 0.15) is 0 Å². The Labute approximate surface area is 72.8 Å². The summed E-state index contributed by atoms with van der Waals surface area (Å²) in [5, 5.41) is 7.25. The van der Waals surface area contributed by atoms with E-state index in [0.29, 0.717) is 6.04 Å². The molecule has 0 aromatic carbocycles. The van der Waals surface area contributed by atoms with Crippen LogP contribution < -0.4 is 11.1 Å². The predicted octanol–water partition coefficient (Wildman–Crippen LogP) is 0.766. The molecule has 0 radical (unpaired) electrons. The van der Waals surface area contributed by atoms with E-state index >= 15 is 0 Å². The van der Waals surface area contributed by atoms with Crippen molar-refractivity contribution in [3.63, 3.8) is 0 Å². The molecule has 0 aliphatic rings. The van der Waals surface area contributed by atoms with Crippen LogP contribution in [0.3, 0.4) is 0 Å². The fraction of sp³-hybridized carbons (Fsp3) is 0.625. The SMILES string of the molecule is CNCc1c(N)cnn1C(C)C. The molecule has 0 bridgehead atoms. The lowest BCUT2D eigenvalue weighted by Crippen LogP contribution is -2.15. The van der Waals surface area contributed by atoms with Crippen molar-refractivity contribution in [2.24, 2.45) is 0 Å². The minimum absolute atomic E-state index is 0.366. The Balaban J connectivity index is 2.95. The molecule has 0 aliphatic carbocycles. The second-order valence-corrected chi connectivity index (χ2v) is 3.12. The molecule has 3 N–H and O–H groups in total. The maximum atomic E-state index is 5.74. The average molecular weight is 168 g/mol. The third kappa shape index (κ3) is 1.58. The number of nitrogens with one attached hydrogen (secondary N) is 1. The molecule has 0 amide bonds. The summed E-state index contributed by atoms with van der Waals surface area (Å²) in [7, 11) is 1.90. The van der Waals surface area contributed by atoms with Gasteiger partial charge in [0.25, 0.3) is 0 Å². The van der Waals surface area contributed by atoms with Crippen molar-refractivity contribution in [1.29, 1.82) is 0 Å². The van der Waals surface area contributed by atoms with Gasteiger partial charge in [0, 0.05) is 12.6 Å². The number of nitrogens with zero attached hydrogens (tertiary/aromatic N) is 2. The van der Waals surface area contributed by atoms with Crippen LogP contribution in [0.25, 0.3) is 0 Å². The maximum Gasteiger partial charge on any atom is 0.0754 e. The van der Waals surface area contributed by atoms with E-state index in [4.69, 9.17) is 5.73 Å². The molecular formula is C8H16N4. The highest BCUT2D eigenvalue weighted by Gasteiger charge is 2.08. The van der Waals surface area contributed by atoms with Crippen molar-refractivity contribution in [2.75, 3.05) is 12.8 Å². The maximum absolute atomic E-state index is 5.74. The Morgan fingerprint density at radius 1 is 1.67 bits per heavy atom. The molecule has 1 aromatic rings. The summed E-state index contributed by atoms with van der Waals surface area (Å²) < 4.78 is 1.94. The quantitative estimate of drug-likeness (QED) is 0.700. The van der Waals surface area contributed by atoms with E-state index in [1.54, 1.807) is 6.20 Å². The highest BCUT2D eigenvalue weighted by atomic mass is 15.3. The van der Waals surface area contributed by atoms with Gasteiger partial charge in [-0.3, -0.25) is 4.68 Å². The minimum Gasteiger partial charge on any atom is -0.396 e. The van der Waals surface area contributed by atoms with E-state index in [0.717, 1.165) is 17.9 Å². The van der Waals surface area contributed by atoms with Gasteiger partial charge in [-0.1, -0.05) is 0 Å². The van der Waals surface area contributed by atoms with Crippen molar-refractivity contribution >= 4 is 5.69 Å². The molecule has 1 rings (SSSR count). The predicted molar refractivity (Wildman–Crippen MR) is 49.8 cm³/mol. The molecule has 4 nitrogen and oxygen atoms in total. The number of nitrogen functional groups attached to an aromatic ring is 1. The standard InChI is InChI=1S/C8H16N4/c1-6(2)12-8(5-10-3)7(9)4-11-12/h4,6,10H,5,9H2,1-3H3. The molecule has 1 aromatic heterocycles. The molecule has 0 fully saturated rings. The fourth-order valence-corrected chi connectivity index (χ4v) is 1.20. The first kappa shape index (κ1) is 9.06. The van der Waals surface area contributed by atoms with Crippen molar-refractivity contribution < 1.29 is 0 Å². The van der Waals surface area contributed by atoms with Crippen LogP contribution in [0.15, 0.2) is 6.20 Å². The zero-order chi connectivity index (χ0) is 9.14. The molecule has 0 saturated carbocycles. The number of aromatic nitrogens is 2. The largest absolute Gasteiger partial charge is 0.396 e. The normalized spacial score (nSPS) is 11.0. The summed E-state index contributed by atoms with van der Waals surface area (Å²) >= 11 is 0. The Morgan fingerprint density at radius 3 is 2.83 bits per heavy atom. The van der Waals surface area contributed by atoms with Gasteiger partial charge in [0.15, 0.2) is 0 Å². The Bertz CT molecular complexity index is 252. The van der Waals surface area contributed by atoms with Gasteiger partial charge in [-0.25, -0.2) is 0 Å². The first-order valence-corrected chi connectivity index (χ1v) is 4.13. The smallest absolute Gasteiger partial charge is 0.0754 e. The van der Waals surface area contributed by atoms with E-state index in [-0.39, 0.29) is 0 Å². The highest BCUT2D eigenvalue weighted by molar-refractivity contribution is 5.40. The minimum atomic E-state index is 0.366. The third-order valence-electron chi connectivity index (χ3n) is 1.76. The lowest BCUT2D eigenvalue weighted by molar-refractivity contribution is 0.502. The molecule has 0 aliphatic heterocycles. The number of anilines is 1. The van der Waals surface area contributed by atoms with E-state index < -0.39 is 0 Å². The topological polar surface area (TPSA) is 55.9 Å². The monoisotopic (exact) mass is 168 g/mol. The van der Waals surface area contributed by atoms with Gasteiger partial charge in [-0.05, 0) is 20.9 Å². The summed E-state index contributed by atoms with van der Waals surface area (Å²) in [6.45, 7) is 4.95. The highest BCUT2D eigenvalue weighted by Crippen LogP contribution is 2.14. The van der Waals surface area contributed by atoms with Gasteiger partial charge in [0.05, 0.1) is 17.6 Å². The summed E-state index contributed by atoms with van der Waals surface area (Å²) in [5.41, 5.74) is 7.57. The molecular weight excluding hydrogens is 152 g/mol. The Morgan fingerprint density at radius 2 is 2.33 bits per heavy atom. The zero-order valence-corrected chi connectivity index (χ0v) is 7.83. The zero-order valence-electron chi connectivity index (χ0n) is 7.83. The van der Waals surface area contributed by atoms with Crippen LogP contribution in [0.5, 0.6) is 0 Å². The Kier molecular flexibility index (Phi) is 2.70. The number of nitrogens with two attached hydrogens (primary N) is 1. The lowest BCUT2D eigenvalue weighted by Gasteiger charge is -2.10. The average Bonchev–Trinajstić information content (AvgIpc) is 2.34. The first-order chi connectivity index (χ1) is 5.66. The Hall–Kier alpha value is -1.03. The molecule has 0 spiro atoms. The van der Waals surface area contributed by atoms with Crippen molar-refractivity contribution in [2.45, 2.75) is 26.4 Å². The number of hydrogen-bond acceptors (Lipinski definition) is 3. The van der Waals surface area contributed by atoms with Crippen LogP contribution >= 0.6 is 0 Å². The van der Waals surface area contributed by atoms with Gasteiger partial charge in [-0.2, -0.15) is 5.10 Å². The lowest BCUT2D eigenvalue weighted by atomic mass is 10.3. The van der Waals surface area contributed by atoms with Gasteiger partial charge < -0.3 is 11.1 Å². The van der Waals surface area contributed by atoms with Crippen LogP contribution in [0.4, 0.5) is 5.69 Å². The van der Waals surface area contributed by atoms with Crippen LogP contribution in [0, 0.1) is 0 Å². The number of rotatable bonds is 3. The van der Waals surface area contributed by atoms with Crippen LogP contribution in [0.1, 0.15) is 25.6 Å². The first-order valence-electron chi connectivity index (χ1n) is 4.13. The van der Waals surface area contributed by atoms with Crippen LogP contribution in [0.2, 0.25) is 0 Å². The van der Waals surface area contributed by atoms with Crippen LogP contribution in [-0.4, -0.2) is 16.8 Å². The molecule has 1 heterocycles. The molecule has 0 unspecified atom stereocenters. The van der Waals surface area contributed by atoms with E-state index in [9.17, 15) is 0 Å². The van der Waals surface area contributed by atoms with Crippen LogP contribution in [-0.2, 0) is 6.54 Å². The van der Waals surface area contributed by atoms with Gasteiger partial charge in [-0.15, -0.1) is 0 Å². The summed E-state index contributed by atoms with van der Waals surface area (Å²) in [5.74, 6) is 0. The fourth-order valence-electron chi connectivity index (χ4n) is 1.20. The third-order valence-corrected chi connectivity index (χ3v) is 1.76. The molecule has 4 heteroatoms. The van der Waals surface area contributed by atoms with Gasteiger partial charge >= 0.3 is 0 Å². The van der Waals surface area contributed by atoms with E-state index in [1.807, 2.05) is 11.7 Å². The van der Waals surface area contributed by atoms with Crippen molar-refractivity contribution in [3.05, 3.63) is 11.9 Å². The molecule has 0 atom stereocenters. The second kappa shape index (κ2) is 3.58. The van der Waals surface area contributed by atoms with Gasteiger partial charge in [0.2, 0.25) is 0 Å². The molecule has 0 saturated heterocycles. The van der Waals surface area contributed by atoms with E-state index in [1.165, 1.54) is 0 Å².